The van der Waals surface area contributed by atoms with E-state index in [0.29, 0.717) is 5.56 Å². The van der Waals surface area contributed by atoms with Crippen LogP contribution >= 0.6 is 7.60 Å². The van der Waals surface area contributed by atoms with Crippen molar-refractivity contribution in [1.29, 1.82) is 0 Å². The molecule has 0 amide bonds. The van der Waals surface area contributed by atoms with Crippen LogP contribution in [0.2, 0.25) is 0 Å². The van der Waals surface area contributed by atoms with Crippen LogP contribution in [0.25, 0.3) is 0 Å². The van der Waals surface area contributed by atoms with E-state index in [1.807, 2.05) is 12.1 Å². The fourth-order valence-corrected chi connectivity index (χ4v) is 4.13. The third-order valence-corrected chi connectivity index (χ3v) is 6.53. The van der Waals surface area contributed by atoms with E-state index in [0.717, 1.165) is 11.1 Å². The molecule has 0 saturated heterocycles. The second kappa shape index (κ2) is 7.11. The average molecular weight is 354 g/mol. The molecule has 1 aromatic carbocycles. The first-order chi connectivity index (χ1) is 10.8. The maximum absolute atomic E-state index is 12.9. The topological polar surface area (TPSA) is 52.6 Å². The van der Waals surface area contributed by atoms with Gasteiger partial charge in [-0.25, -0.2) is 0 Å². The first kappa shape index (κ1) is 21.1. The summed E-state index contributed by atoms with van der Waals surface area (Å²) in [7, 11) is -0.927. The monoisotopic (exact) mass is 354 g/mol. The van der Waals surface area contributed by atoms with E-state index in [4.69, 9.17) is 9.05 Å². The maximum Gasteiger partial charge on any atom is 0.344 e. The van der Waals surface area contributed by atoms with Gasteiger partial charge < -0.3 is 9.05 Å². The van der Waals surface area contributed by atoms with Crippen molar-refractivity contribution in [3.63, 3.8) is 0 Å². The van der Waals surface area contributed by atoms with Crippen LogP contribution in [-0.2, 0) is 29.2 Å². The quantitative estimate of drug-likeness (QED) is 0.665. The Bertz CT molecular complexity index is 610. The standard InChI is InChI=1S/C19H31O4P/c1-13(20)17(24(21,22-8)23-9)14-10-15(18(2,3)4)12-16(11-14)19(5,6)7/h10-12,17H,1-9H3. The van der Waals surface area contributed by atoms with Gasteiger partial charge in [-0.15, -0.1) is 0 Å². The van der Waals surface area contributed by atoms with Crippen LogP contribution in [0.1, 0.15) is 70.8 Å². The van der Waals surface area contributed by atoms with Crippen LogP contribution < -0.4 is 0 Å². The number of carbonyl (C=O) groups excluding carboxylic acids is 1. The zero-order chi connectivity index (χ0) is 18.9. The van der Waals surface area contributed by atoms with Crippen LogP contribution in [0.4, 0.5) is 0 Å². The molecule has 0 heterocycles. The Hall–Kier alpha value is -0.960. The molecule has 0 aliphatic heterocycles. The lowest BCUT2D eigenvalue weighted by molar-refractivity contribution is -0.117. The molecule has 0 bridgehead atoms. The zero-order valence-electron chi connectivity index (χ0n) is 16.4. The van der Waals surface area contributed by atoms with E-state index >= 15 is 0 Å². The average Bonchev–Trinajstić information content (AvgIpc) is 2.44. The second-order valence-corrected chi connectivity index (χ2v) is 10.6. The zero-order valence-corrected chi connectivity index (χ0v) is 17.3. The molecule has 0 radical (unpaired) electrons. The molecule has 0 aliphatic carbocycles. The minimum absolute atomic E-state index is 0.0958. The Morgan fingerprint density at radius 3 is 1.54 bits per heavy atom. The van der Waals surface area contributed by atoms with Crippen LogP contribution in [0.3, 0.4) is 0 Å². The highest BCUT2D eigenvalue weighted by Crippen LogP contribution is 2.60. The van der Waals surface area contributed by atoms with E-state index in [1.165, 1.54) is 21.1 Å². The Morgan fingerprint density at radius 2 is 1.29 bits per heavy atom. The summed E-state index contributed by atoms with van der Waals surface area (Å²) in [5.74, 6) is -0.229. The third-order valence-electron chi connectivity index (χ3n) is 4.21. The van der Waals surface area contributed by atoms with Gasteiger partial charge in [0, 0.05) is 14.2 Å². The predicted octanol–water partition coefficient (Wildman–Crippen LogP) is 5.40. The molecule has 5 heteroatoms. The van der Waals surface area contributed by atoms with E-state index in [1.54, 1.807) is 0 Å². The van der Waals surface area contributed by atoms with Gasteiger partial charge >= 0.3 is 7.60 Å². The summed E-state index contributed by atoms with van der Waals surface area (Å²) in [6.07, 6.45) is 0. The van der Waals surface area contributed by atoms with Crippen LogP contribution in [-0.4, -0.2) is 20.0 Å². The van der Waals surface area contributed by atoms with Gasteiger partial charge in [0.2, 0.25) is 0 Å². The van der Waals surface area contributed by atoms with Gasteiger partial charge in [0.25, 0.3) is 0 Å². The van der Waals surface area contributed by atoms with Crippen molar-refractivity contribution in [3.8, 4) is 0 Å². The van der Waals surface area contributed by atoms with Gasteiger partial charge in [0.15, 0.2) is 0 Å². The molecule has 1 atom stereocenters. The Morgan fingerprint density at radius 1 is 0.917 bits per heavy atom. The van der Waals surface area contributed by atoms with Crippen molar-refractivity contribution in [3.05, 3.63) is 34.9 Å². The molecule has 0 fully saturated rings. The number of carbonyl (C=O) groups is 1. The lowest BCUT2D eigenvalue weighted by Gasteiger charge is -2.29. The summed E-state index contributed by atoms with van der Waals surface area (Å²) in [4.78, 5) is 12.3. The fourth-order valence-electron chi connectivity index (χ4n) is 2.60. The van der Waals surface area contributed by atoms with Crippen LogP contribution in [0, 0.1) is 0 Å². The molecular weight excluding hydrogens is 323 g/mol. The molecule has 0 saturated carbocycles. The first-order valence-corrected chi connectivity index (χ1v) is 9.75. The van der Waals surface area contributed by atoms with Gasteiger partial charge in [-0.1, -0.05) is 59.7 Å². The lowest BCUT2D eigenvalue weighted by atomic mass is 9.79. The smallest absolute Gasteiger partial charge is 0.311 e. The number of rotatable bonds is 5. The maximum atomic E-state index is 12.9. The van der Waals surface area contributed by atoms with E-state index in [-0.39, 0.29) is 16.6 Å². The largest absolute Gasteiger partial charge is 0.344 e. The van der Waals surface area contributed by atoms with Crippen molar-refractivity contribution in [2.45, 2.75) is 65.0 Å². The van der Waals surface area contributed by atoms with Crippen LogP contribution in [0.15, 0.2) is 18.2 Å². The van der Waals surface area contributed by atoms with Crippen molar-refractivity contribution >= 4 is 13.4 Å². The summed E-state index contributed by atoms with van der Waals surface area (Å²) < 4.78 is 23.2. The number of hydrogen-bond acceptors (Lipinski definition) is 4. The summed E-state index contributed by atoms with van der Waals surface area (Å²) in [5, 5.41) is 0. The van der Waals surface area contributed by atoms with Crippen molar-refractivity contribution < 1.29 is 18.4 Å². The van der Waals surface area contributed by atoms with Gasteiger partial charge in [-0.3, -0.25) is 9.36 Å². The second-order valence-electron chi connectivity index (χ2n) is 8.26. The fraction of sp³-hybridized carbons (Fsp3) is 0.632. The molecular formula is C19H31O4P. The molecule has 1 rings (SSSR count). The van der Waals surface area contributed by atoms with Gasteiger partial charge in [0.05, 0.1) is 0 Å². The van der Waals surface area contributed by atoms with Crippen molar-refractivity contribution in [2.24, 2.45) is 0 Å². The van der Waals surface area contributed by atoms with E-state index in [2.05, 4.69) is 47.6 Å². The minimum atomic E-state index is -3.56. The highest BCUT2D eigenvalue weighted by atomic mass is 31.2. The Labute approximate surface area is 146 Å². The normalized spacial score (nSPS) is 14.5. The summed E-state index contributed by atoms with van der Waals surface area (Å²) in [6.45, 7) is 14.1. The van der Waals surface area contributed by atoms with Crippen molar-refractivity contribution in [1.82, 2.24) is 0 Å². The third kappa shape index (κ3) is 4.56. The molecule has 1 unspecified atom stereocenters. The van der Waals surface area contributed by atoms with Gasteiger partial charge in [-0.05, 0) is 34.4 Å². The number of hydrogen-bond donors (Lipinski definition) is 0. The molecule has 0 aliphatic rings. The SMILES string of the molecule is COP(=O)(OC)C(C(C)=O)c1cc(C(C)(C)C)cc(C(C)(C)C)c1. The predicted molar refractivity (Wildman–Crippen MR) is 98.9 cm³/mol. The molecule has 0 aromatic heterocycles. The number of Topliss-reactive ketones (excluding diaryl/α,β-unsaturated/α-hetero) is 1. The van der Waals surface area contributed by atoms with Crippen molar-refractivity contribution in [2.75, 3.05) is 14.2 Å². The van der Waals surface area contributed by atoms with E-state index in [9.17, 15) is 9.36 Å². The highest BCUT2D eigenvalue weighted by Gasteiger charge is 2.40. The Balaban J connectivity index is 3.72. The Kier molecular flexibility index (Phi) is 6.25. The van der Waals surface area contributed by atoms with Crippen LogP contribution in [0.5, 0.6) is 0 Å². The highest BCUT2D eigenvalue weighted by molar-refractivity contribution is 7.55. The van der Waals surface area contributed by atoms with Gasteiger partial charge in [0.1, 0.15) is 11.4 Å². The summed E-state index contributed by atoms with van der Waals surface area (Å²) >= 11 is 0. The molecule has 1 aromatic rings. The molecule has 136 valence electrons. The molecule has 24 heavy (non-hydrogen) atoms. The summed E-state index contributed by atoms with van der Waals surface area (Å²) in [5.41, 5.74) is 1.76. The first-order valence-electron chi connectivity index (χ1n) is 8.14. The number of benzene rings is 1. The lowest BCUT2D eigenvalue weighted by Crippen LogP contribution is -2.19. The number of ketones is 1. The molecule has 0 N–H and O–H groups in total. The van der Waals surface area contributed by atoms with E-state index < -0.39 is 13.3 Å². The molecule has 0 spiro atoms. The molecule has 4 nitrogen and oxygen atoms in total. The van der Waals surface area contributed by atoms with Gasteiger partial charge in [-0.2, -0.15) is 0 Å². The minimum Gasteiger partial charge on any atom is -0.311 e. The summed E-state index contributed by atoms with van der Waals surface area (Å²) in [6, 6.07) is 6.06.